The Morgan fingerprint density at radius 2 is 1.79 bits per heavy atom. The maximum absolute atomic E-state index is 13.4. The van der Waals surface area contributed by atoms with Crippen LogP contribution in [0, 0.1) is 0 Å². The molecule has 0 radical (unpaired) electrons. The van der Waals surface area contributed by atoms with E-state index < -0.39 is 5.79 Å². The molecule has 1 aliphatic heterocycles. The second-order valence-electron chi connectivity index (χ2n) is 7.24. The largest absolute Gasteiger partial charge is 0.350 e. The molecule has 4 heteroatoms. The predicted octanol–water partition coefficient (Wildman–Crippen LogP) is 6.19. The summed E-state index contributed by atoms with van der Waals surface area (Å²) in [5.74, 6) is -0.576. The molecule has 2 aliphatic rings. The van der Waals surface area contributed by atoms with Crippen molar-refractivity contribution < 1.29 is 14.3 Å². The Labute approximate surface area is 175 Å². The fourth-order valence-electron chi connectivity index (χ4n) is 3.67. The van der Waals surface area contributed by atoms with Crippen molar-refractivity contribution in [2.24, 2.45) is 0 Å². The minimum absolute atomic E-state index is 0.0548. The first-order valence-corrected chi connectivity index (χ1v) is 10.7. The van der Waals surface area contributed by atoms with Crippen LogP contribution in [0.4, 0.5) is 0 Å². The summed E-state index contributed by atoms with van der Waals surface area (Å²) < 4.78 is 12.6. The van der Waals surface area contributed by atoms with Crippen LogP contribution in [0.3, 0.4) is 0 Å². The summed E-state index contributed by atoms with van der Waals surface area (Å²) >= 11 is 3.50. The van der Waals surface area contributed by atoms with Crippen molar-refractivity contribution in [1.29, 1.82) is 0 Å². The number of carbonyl (C=O) groups is 1. The van der Waals surface area contributed by atoms with Crippen LogP contribution in [0.1, 0.15) is 61.2 Å². The topological polar surface area (TPSA) is 35.5 Å². The summed E-state index contributed by atoms with van der Waals surface area (Å²) in [6.45, 7) is 8.44. The Bertz CT molecular complexity index is 898. The number of hydrogen-bond donors (Lipinski definition) is 0. The average Bonchev–Trinajstić information content (AvgIpc) is 2.78. The number of ether oxygens (including phenoxy) is 2. The number of rotatable bonds is 1. The van der Waals surface area contributed by atoms with E-state index in [1.807, 2.05) is 70.2 Å². The molecule has 0 saturated carbocycles. The van der Waals surface area contributed by atoms with Gasteiger partial charge in [0.2, 0.25) is 0 Å². The number of hydrogen-bond acceptors (Lipinski definition) is 3. The van der Waals surface area contributed by atoms with Crippen LogP contribution in [-0.4, -0.2) is 24.3 Å². The van der Waals surface area contributed by atoms with Crippen molar-refractivity contribution in [3.63, 3.8) is 0 Å². The normalized spacial score (nSPS) is 21.8. The second-order valence-corrected chi connectivity index (χ2v) is 8.15. The number of Topliss-reactive ketones (excluding diaryl/α,β-unsaturated/α-hetero) is 1. The molecular formula is C24H27BrO3. The van der Waals surface area contributed by atoms with Gasteiger partial charge in [-0.2, -0.15) is 0 Å². The number of ketones is 1. The molecule has 1 saturated heterocycles. The molecule has 1 fully saturated rings. The lowest BCUT2D eigenvalue weighted by molar-refractivity contribution is -0.262. The van der Waals surface area contributed by atoms with Gasteiger partial charge in [-0.3, -0.25) is 4.79 Å². The summed E-state index contributed by atoms with van der Waals surface area (Å²) in [5.41, 5.74) is 4.70. The Balaban J connectivity index is 0.00000109. The van der Waals surface area contributed by atoms with Gasteiger partial charge in [-0.25, -0.2) is 0 Å². The van der Waals surface area contributed by atoms with Crippen LogP contribution in [0.2, 0.25) is 0 Å². The maximum atomic E-state index is 13.4. The van der Waals surface area contributed by atoms with Gasteiger partial charge in [0.05, 0.1) is 12.7 Å². The maximum Gasteiger partial charge on any atom is 0.193 e. The predicted molar refractivity (Wildman–Crippen MR) is 117 cm³/mol. The molecule has 2 aromatic carbocycles. The minimum atomic E-state index is -0.631. The molecule has 0 N–H and O–H groups in total. The van der Waals surface area contributed by atoms with Crippen LogP contribution in [0.25, 0.3) is 5.57 Å². The van der Waals surface area contributed by atoms with E-state index in [1.54, 1.807) is 0 Å². The standard InChI is InChI=1S/C22H21BrO3.C2H6/c1-22(2)25-10-9-17(26-22)13-20-18-6-4-3-5-14(18)11-15-7-8-16(23)12-19(15)21(20)24;1-2/h3-8,12-13,17H,9-11H2,1-2H3;1-2H3/b20-13+;. The number of halogens is 1. The quantitative estimate of drug-likeness (QED) is 0.494. The van der Waals surface area contributed by atoms with E-state index in [1.165, 1.54) is 5.56 Å². The molecule has 1 aliphatic carbocycles. The van der Waals surface area contributed by atoms with Crippen molar-refractivity contribution in [3.05, 3.63) is 75.3 Å². The summed E-state index contributed by atoms with van der Waals surface area (Å²) in [4.78, 5) is 13.4. The van der Waals surface area contributed by atoms with E-state index in [0.29, 0.717) is 6.61 Å². The number of benzene rings is 2. The molecule has 148 valence electrons. The first-order chi connectivity index (χ1) is 13.4. The fraction of sp³-hybridized carbons (Fsp3) is 0.375. The molecule has 3 nitrogen and oxygen atoms in total. The molecule has 1 unspecified atom stereocenters. The van der Waals surface area contributed by atoms with E-state index in [-0.39, 0.29) is 11.9 Å². The molecule has 1 heterocycles. The van der Waals surface area contributed by atoms with E-state index >= 15 is 0 Å². The van der Waals surface area contributed by atoms with E-state index in [9.17, 15) is 4.79 Å². The lowest BCUT2D eigenvalue weighted by Crippen LogP contribution is -2.39. The van der Waals surface area contributed by atoms with Gasteiger partial charge in [0.15, 0.2) is 11.6 Å². The van der Waals surface area contributed by atoms with Crippen LogP contribution >= 0.6 is 15.9 Å². The summed E-state index contributed by atoms with van der Waals surface area (Å²) in [5, 5.41) is 0. The number of allylic oxidation sites excluding steroid dienone is 1. The summed E-state index contributed by atoms with van der Waals surface area (Å²) in [6.07, 6.45) is 3.34. The Kier molecular flexibility index (Phi) is 6.54. The molecule has 0 aromatic heterocycles. The van der Waals surface area contributed by atoms with E-state index in [4.69, 9.17) is 9.47 Å². The third kappa shape index (κ3) is 4.45. The Morgan fingerprint density at radius 3 is 2.54 bits per heavy atom. The van der Waals surface area contributed by atoms with Crippen LogP contribution in [-0.2, 0) is 15.9 Å². The zero-order valence-electron chi connectivity index (χ0n) is 16.9. The number of fused-ring (bicyclic) bond motifs is 2. The first-order valence-electron chi connectivity index (χ1n) is 9.88. The molecule has 2 aromatic rings. The van der Waals surface area contributed by atoms with Crippen molar-refractivity contribution in [2.45, 2.75) is 52.4 Å². The van der Waals surface area contributed by atoms with Crippen molar-refractivity contribution >= 4 is 27.3 Å². The molecule has 0 bridgehead atoms. The lowest BCUT2D eigenvalue weighted by Gasteiger charge is -2.35. The molecule has 28 heavy (non-hydrogen) atoms. The molecule has 0 amide bonds. The highest BCUT2D eigenvalue weighted by Crippen LogP contribution is 2.34. The van der Waals surface area contributed by atoms with E-state index in [0.717, 1.165) is 39.6 Å². The molecular weight excluding hydrogens is 416 g/mol. The van der Waals surface area contributed by atoms with E-state index in [2.05, 4.69) is 22.0 Å². The van der Waals surface area contributed by atoms with Gasteiger partial charge < -0.3 is 9.47 Å². The van der Waals surface area contributed by atoms with Gasteiger partial charge in [0.1, 0.15) is 0 Å². The first kappa shape index (κ1) is 21.0. The zero-order valence-corrected chi connectivity index (χ0v) is 18.5. The third-order valence-electron chi connectivity index (χ3n) is 4.89. The van der Waals surface area contributed by atoms with Gasteiger partial charge in [-0.05, 0) is 55.2 Å². The SMILES string of the molecule is CC.CC1(C)OCCC(/C=C2/C(=O)c3cc(Br)ccc3Cc3ccccc32)O1. The Hall–Kier alpha value is -1.75. The average molecular weight is 443 g/mol. The van der Waals surface area contributed by atoms with Crippen LogP contribution in [0.5, 0.6) is 0 Å². The molecule has 4 rings (SSSR count). The molecule has 1 atom stereocenters. The van der Waals surface area contributed by atoms with Crippen LogP contribution < -0.4 is 0 Å². The third-order valence-corrected chi connectivity index (χ3v) is 5.38. The lowest BCUT2D eigenvalue weighted by atomic mass is 9.94. The van der Waals surface area contributed by atoms with Crippen molar-refractivity contribution in [2.75, 3.05) is 6.61 Å². The smallest absolute Gasteiger partial charge is 0.193 e. The van der Waals surface area contributed by atoms with Crippen LogP contribution in [0.15, 0.2) is 53.0 Å². The van der Waals surface area contributed by atoms with Gasteiger partial charge in [0.25, 0.3) is 0 Å². The zero-order chi connectivity index (χ0) is 20.3. The van der Waals surface area contributed by atoms with Gasteiger partial charge in [0, 0.05) is 22.0 Å². The van der Waals surface area contributed by atoms with Gasteiger partial charge >= 0.3 is 0 Å². The van der Waals surface area contributed by atoms with Crippen molar-refractivity contribution in [3.8, 4) is 0 Å². The van der Waals surface area contributed by atoms with Crippen molar-refractivity contribution in [1.82, 2.24) is 0 Å². The second kappa shape index (κ2) is 8.73. The monoisotopic (exact) mass is 442 g/mol. The minimum Gasteiger partial charge on any atom is -0.350 e. The highest BCUT2D eigenvalue weighted by atomic mass is 79.9. The highest BCUT2D eigenvalue weighted by molar-refractivity contribution is 9.10. The fourth-order valence-corrected chi connectivity index (χ4v) is 4.03. The molecule has 0 spiro atoms. The Morgan fingerprint density at radius 1 is 1.07 bits per heavy atom. The van der Waals surface area contributed by atoms with Gasteiger partial charge in [-0.1, -0.05) is 60.1 Å². The highest BCUT2D eigenvalue weighted by Gasteiger charge is 2.31. The summed E-state index contributed by atoms with van der Waals surface area (Å²) in [7, 11) is 0. The number of carbonyl (C=O) groups excluding carboxylic acids is 1. The van der Waals surface area contributed by atoms with Gasteiger partial charge in [-0.15, -0.1) is 0 Å². The summed E-state index contributed by atoms with van der Waals surface area (Å²) in [6, 6.07) is 14.1.